The van der Waals surface area contributed by atoms with Crippen molar-refractivity contribution in [3.8, 4) is 21.3 Å². The van der Waals surface area contributed by atoms with Gasteiger partial charge in [0.1, 0.15) is 11.5 Å². The lowest BCUT2D eigenvalue weighted by atomic mass is 10.3. The summed E-state index contributed by atoms with van der Waals surface area (Å²) in [5, 5.41) is 2.02. The van der Waals surface area contributed by atoms with Crippen LogP contribution in [0, 0.1) is 0 Å². The molecule has 0 unspecified atom stereocenters. The second-order valence-corrected chi connectivity index (χ2v) is 5.52. The van der Waals surface area contributed by atoms with Gasteiger partial charge in [-0.3, -0.25) is 4.79 Å². The van der Waals surface area contributed by atoms with Crippen LogP contribution in [0.2, 0.25) is 0 Å². The van der Waals surface area contributed by atoms with Crippen molar-refractivity contribution in [1.82, 2.24) is 0 Å². The molecule has 84 valence electrons. The van der Waals surface area contributed by atoms with Gasteiger partial charge in [-0.15, -0.1) is 22.7 Å². The Morgan fingerprint density at radius 1 is 1.00 bits per heavy atom. The number of carbonyl (C=O) groups is 1. The Morgan fingerprint density at radius 3 is 2.47 bits per heavy atom. The minimum atomic E-state index is 0.717. The molecule has 3 aromatic rings. The lowest BCUT2D eigenvalue weighted by Gasteiger charge is -1.91. The highest BCUT2D eigenvalue weighted by Crippen LogP contribution is 2.33. The van der Waals surface area contributed by atoms with Gasteiger partial charge in [0.2, 0.25) is 0 Å². The second kappa shape index (κ2) is 4.31. The highest BCUT2D eigenvalue weighted by molar-refractivity contribution is 7.17. The molecule has 3 heterocycles. The molecule has 0 saturated carbocycles. The summed E-state index contributed by atoms with van der Waals surface area (Å²) in [6.45, 7) is 0. The third kappa shape index (κ3) is 1.97. The molecule has 0 saturated heterocycles. The molecular formula is C13H8O2S2. The number of carbonyl (C=O) groups excluding carboxylic acids is 1. The summed E-state index contributed by atoms with van der Waals surface area (Å²) in [7, 11) is 0. The Bertz CT molecular complexity index is 632. The van der Waals surface area contributed by atoms with Gasteiger partial charge in [-0.25, -0.2) is 0 Å². The maximum Gasteiger partial charge on any atom is 0.160 e. The van der Waals surface area contributed by atoms with Crippen LogP contribution in [-0.4, -0.2) is 6.29 Å². The van der Waals surface area contributed by atoms with Crippen LogP contribution in [-0.2, 0) is 0 Å². The first-order valence-corrected chi connectivity index (χ1v) is 6.75. The van der Waals surface area contributed by atoms with E-state index in [1.807, 2.05) is 35.7 Å². The van der Waals surface area contributed by atoms with Crippen molar-refractivity contribution in [1.29, 1.82) is 0 Å². The average Bonchev–Trinajstić information content (AvgIpc) is 3.09. The number of hydrogen-bond acceptors (Lipinski definition) is 4. The van der Waals surface area contributed by atoms with Crippen molar-refractivity contribution in [3.63, 3.8) is 0 Å². The number of rotatable bonds is 3. The molecule has 0 fully saturated rings. The maximum atomic E-state index is 10.6. The van der Waals surface area contributed by atoms with Gasteiger partial charge >= 0.3 is 0 Å². The molecule has 0 spiro atoms. The minimum Gasteiger partial charge on any atom is -0.454 e. The van der Waals surface area contributed by atoms with E-state index < -0.39 is 0 Å². The Morgan fingerprint density at radius 2 is 1.82 bits per heavy atom. The van der Waals surface area contributed by atoms with E-state index >= 15 is 0 Å². The van der Waals surface area contributed by atoms with Gasteiger partial charge in [0, 0.05) is 0 Å². The van der Waals surface area contributed by atoms with Crippen LogP contribution in [0.5, 0.6) is 0 Å². The fourth-order valence-corrected chi connectivity index (χ4v) is 3.04. The highest BCUT2D eigenvalue weighted by atomic mass is 32.1. The van der Waals surface area contributed by atoms with Gasteiger partial charge in [-0.05, 0) is 35.7 Å². The van der Waals surface area contributed by atoms with Crippen molar-refractivity contribution in [2.24, 2.45) is 0 Å². The number of hydrogen-bond donors (Lipinski definition) is 0. The Labute approximate surface area is 106 Å². The smallest absolute Gasteiger partial charge is 0.160 e. The Hall–Kier alpha value is -1.65. The molecule has 0 N–H and O–H groups in total. The highest BCUT2D eigenvalue weighted by Gasteiger charge is 2.09. The molecule has 4 heteroatoms. The first kappa shape index (κ1) is 10.5. The molecule has 0 aliphatic rings. The van der Waals surface area contributed by atoms with Crippen LogP contribution in [0.15, 0.2) is 46.2 Å². The molecule has 0 amide bonds. The van der Waals surface area contributed by atoms with E-state index in [1.165, 1.54) is 11.3 Å². The lowest BCUT2D eigenvalue weighted by Crippen LogP contribution is -1.64. The second-order valence-electron chi connectivity index (χ2n) is 3.46. The van der Waals surface area contributed by atoms with Crippen molar-refractivity contribution in [2.45, 2.75) is 0 Å². The Balaban J connectivity index is 1.97. The van der Waals surface area contributed by atoms with E-state index in [9.17, 15) is 4.79 Å². The van der Waals surface area contributed by atoms with E-state index in [0.29, 0.717) is 4.88 Å². The van der Waals surface area contributed by atoms with Crippen molar-refractivity contribution < 1.29 is 9.21 Å². The fourth-order valence-electron chi connectivity index (χ4n) is 1.57. The first-order valence-electron chi connectivity index (χ1n) is 5.06. The van der Waals surface area contributed by atoms with E-state index in [1.54, 1.807) is 17.4 Å². The Kier molecular flexibility index (Phi) is 2.66. The zero-order chi connectivity index (χ0) is 11.7. The quantitative estimate of drug-likeness (QED) is 0.647. The number of aldehydes is 1. The summed E-state index contributed by atoms with van der Waals surface area (Å²) in [5.41, 5.74) is 0. The van der Waals surface area contributed by atoms with Crippen LogP contribution < -0.4 is 0 Å². The fraction of sp³-hybridized carbons (Fsp3) is 0. The summed E-state index contributed by atoms with van der Waals surface area (Å²) in [6, 6.07) is 11.6. The summed E-state index contributed by atoms with van der Waals surface area (Å²) >= 11 is 3.09. The lowest BCUT2D eigenvalue weighted by molar-refractivity contribution is 0.112. The number of thiophene rings is 2. The zero-order valence-electron chi connectivity index (χ0n) is 8.75. The third-order valence-corrected chi connectivity index (χ3v) is 4.27. The minimum absolute atomic E-state index is 0.717. The summed E-state index contributed by atoms with van der Waals surface area (Å²) in [6.07, 6.45) is 0.858. The zero-order valence-corrected chi connectivity index (χ0v) is 10.4. The maximum absolute atomic E-state index is 10.6. The SMILES string of the molecule is O=Cc1ccc(-c2ccc(-c3cccs3)o2)s1. The first-order chi connectivity index (χ1) is 8.36. The molecule has 0 atom stereocenters. The van der Waals surface area contributed by atoms with E-state index in [0.717, 1.165) is 27.6 Å². The van der Waals surface area contributed by atoms with Crippen LogP contribution in [0.1, 0.15) is 9.67 Å². The van der Waals surface area contributed by atoms with Gasteiger partial charge in [-0.2, -0.15) is 0 Å². The van der Waals surface area contributed by atoms with Crippen molar-refractivity contribution >= 4 is 29.0 Å². The predicted octanol–water partition coefficient (Wildman–Crippen LogP) is 4.55. The summed E-state index contributed by atoms with van der Waals surface area (Å²) < 4.78 is 5.78. The monoisotopic (exact) mass is 260 g/mol. The normalized spacial score (nSPS) is 10.6. The molecule has 0 aromatic carbocycles. The van der Waals surface area contributed by atoms with Gasteiger partial charge in [-0.1, -0.05) is 6.07 Å². The average molecular weight is 260 g/mol. The largest absolute Gasteiger partial charge is 0.454 e. The number of furan rings is 1. The molecule has 0 aliphatic heterocycles. The van der Waals surface area contributed by atoms with Gasteiger partial charge in [0.05, 0.1) is 14.6 Å². The van der Waals surface area contributed by atoms with E-state index in [2.05, 4.69) is 0 Å². The molecule has 17 heavy (non-hydrogen) atoms. The van der Waals surface area contributed by atoms with Gasteiger partial charge < -0.3 is 4.42 Å². The summed E-state index contributed by atoms with van der Waals surface area (Å²) in [5.74, 6) is 1.68. The van der Waals surface area contributed by atoms with E-state index in [4.69, 9.17) is 4.42 Å². The van der Waals surface area contributed by atoms with Crippen LogP contribution >= 0.6 is 22.7 Å². The van der Waals surface area contributed by atoms with Gasteiger partial charge in [0.15, 0.2) is 6.29 Å². The van der Waals surface area contributed by atoms with Crippen LogP contribution in [0.4, 0.5) is 0 Å². The molecule has 3 rings (SSSR count). The third-order valence-electron chi connectivity index (χ3n) is 2.36. The molecule has 2 nitrogen and oxygen atoms in total. The van der Waals surface area contributed by atoms with Crippen LogP contribution in [0.25, 0.3) is 21.3 Å². The van der Waals surface area contributed by atoms with Crippen molar-refractivity contribution in [2.75, 3.05) is 0 Å². The van der Waals surface area contributed by atoms with Gasteiger partial charge in [0.25, 0.3) is 0 Å². The van der Waals surface area contributed by atoms with Crippen LogP contribution in [0.3, 0.4) is 0 Å². The topological polar surface area (TPSA) is 30.2 Å². The molecule has 0 bridgehead atoms. The molecule has 3 aromatic heterocycles. The van der Waals surface area contributed by atoms with Crippen molar-refractivity contribution in [3.05, 3.63) is 46.7 Å². The standard InChI is InChI=1S/C13H8O2S2/c14-8-9-3-6-13(17-9)11-5-4-10(15-11)12-2-1-7-16-12/h1-8H. The van der Waals surface area contributed by atoms with E-state index in [-0.39, 0.29) is 0 Å². The molecule has 0 aliphatic carbocycles. The summed E-state index contributed by atoms with van der Waals surface area (Å²) in [4.78, 5) is 13.4. The molecular weight excluding hydrogens is 252 g/mol. The molecule has 0 radical (unpaired) electrons. The predicted molar refractivity (Wildman–Crippen MR) is 70.7 cm³/mol.